The summed E-state index contributed by atoms with van der Waals surface area (Å²) in [5.41, 5.74) is 0.875. The lowest BCUT2D eigenvalue weighted by molar-refractivity contribution is -0.143. The summed E-state index contributed by atoms with van der Waals surface area (Å²) < 4.78 is 11.7. The van der Waals surface area contributed by atoms with Crippen LogP contribution in [0.4, 0.5) is 0 Å². The molecular weight excluding hydrogens is 384 g/mol. The summed E-state index contributed by atoms with van der Waals surface area (Å²) in [4.78, 5) is 27.7. The fourth-order valence-corrected chi connectivity index (χ4v) is 3.04. The minimum Gasteiger partial charge on any atom is -0.457 e. The summed E-state index contributed by atoms with van der Waals surface area (Å²) in [6.45, 7) is -0.150. The molecule has 0 saturated heterocycles. The van der Waals surface area contributed by atoms with Gasteiger partial charge in [0.2, 0.25) is 0 Å². The standard InChI is InChI=1S/C15H11BrN2O4S/c16-12-6-5-10(22-12)15(20)17-7-14(19)21-8-13-18-9-3-1-2-4-11(9)23-13/h1-6H,7-8H2,(H,17,20). The van der Waals surface area contributed by atoms with Gasteiger partial charge in [0, 0.05) is 0 Å². The maximum absolute atomic E-state index is 11.7. The molecule has 118 valence electrons. The van der Waals surface area contributed by atoms with E-state index in [1.165, 1.54) is 17.4 Å². The lowest BCUT2D eigenvalue weighted by atomic mass is 10.3. The third-order valence-electron chi connectivity index (χ3n) is 2.89. The first-order valence-corrected chi connectivity index (χ1v) is 8.26. The van der Waals surface area contributed by atoms with Gasteiger partial charge in [0.05, 0.1) is 10.2 Å². The Balaban J connectivity index is 1.48. The van der Waals surface area contributed by atoms with Gasteiger partial charge in [0.25, 0.3) is 5.91 Å². The number of rotatable bonds is 5. The Morgan fingerprint density at radius 1 is 1.26 bits per heavy atom. The van der Waals surface area contributed by atoms with E-state index in [9.17, 15) is 9.59 Å². The maximum atomic E-state index is 11.7. The first kappa shape index (κ1) is 15.7. The number of thiazole rings is 1. The van der Waals surface area contributed by atoms with Crippen LogP contribution in [0.25, 0.3) is 10.2 Å². The first-order valence-electron chi connectivity index (χ1n) is 6.65. The number of halogens is 1. The minimum absolute atomic E-state index is 0.0837. The average molecular weight is 395 g/mol. The molecule has 8 heteroatoms. The monoisotopic (exact) mass is 394 g/mol. The quantitative estimate of drug-likeness (QED) is 0.672. The van der Waals surface area contributed by atoms with E-state index in [0.29, 0.717) is 9.68 Å². The van der Waals surface area contributed by atoms with Crippen LogP contribution in [-0.4, -0.2) is 23.4 Å². The summed E-state index contributed by atoms with van der Waals surface area (Å²) in [5, 5.41) is 3.14. The molecule has 0 aliphatic heterocycles. The molecule has 0 saturated carbocycles. The zero-order valence-electron chi connectivity index (χ0n) is 11.7. The minimum atomic E-state index is -0.539. The van der Waals surface area contributed by atoms with Crippen molar-refractivity contribution in [2.24, 2.45) is 0 Å². The summed E-state index contributed by atoms with van der Waals surface area (Å²) in [6.07, 6.45) is 0. The molecule has 0 unspecified atom stereocenters. The van der Waals surface area contributed by atoms with Gasteiger partial charge in [-0.15, -0.1) is 11.3 Å². The van der Waals surface area contributed by atoms with Gasteiger partial charge in [-0.1, -0.05) is 12.1 Å². The number of esters is 1. The van der Waals surface area contributed by atoms with Crippen LogP contribution in [0.1, 0.15) is 15.6 Å². The highest BCUT2D eigenvalue weighted by Gasteiger charge is 2.13. The van der Waals surface area contributed by atoms with Crippen molar-refractivity contribution in [1.82, 2.24) is 10.3 Å². The predicted molar refractivity (Wildman–Crippen MR) is 88.2 cm³/mol. The SMILES string of the molecule is O=C(CNC(=O)c1ccc(Br)o1)OCc1nc2ccccc2s1. The highest BCUT2D eigenvalue weighted by atomic mass is 79.9. The van der Waals surface area contributed by atoms with Gasteiger partial charge in [-0.3, -0.25) is 9.59 Å². The normalized spacial score (nSPS) is 10.7. The van der Waals surface area contributed by atoms with Crippen LogP contribution in [0.3, 0.4) is 0 Å². The van der Waals surface area contributed by atoms with Gasteiger partial charge in [0.15, 0.2) is 10.4 Å². The van der Waals surface area contributed by atoms with E-state index in [0.717, 1.165) is 10.2 Å². The first-order chi connectivity index (χ1) is 11.1. The molecule has 0 spiro atoms. The van der Waals surface area contributed by atoms with Gasteiger partial charge in [-0.25, -0.2) is 4.98 Å². The van der Waals surface area contributed by atoms with Crippen LogP contribution < -0.4 is 5.32 Å². The fourth-order valence-electron chi connectivity index (χ4n) is 1.85. The molecule has 2 aromatic heterocycles. The molecule has 6 nitrogen and oxygen atoms in total. The molecule has 23 heavy (non-hydrogen) atoms. The Kier molecular flexibility index (Phi) is 4.73. The molecule has 3 aromatic rings. The van der Waals surface area contributed by atoms with Crippen molar-refractivity contribution in [3.63, 3.8) is 0 Å². The molecule has 1 amide bonds. The number of aromatic nitrogens is 1. The molecule has 0 aliphatic rings. The smallest absolute Gasteiger partial charge is 0.325 e. The number of hydrogen-bond donors (Lipinski definition) is 1. The van der Waals surface area contributed by atoms with E-state index in [1.54, 1.807) is 6.07 Å². The largest absolute Gasteiger partial charge is 0.457 e. The van der Waals surface area contributed by atoms with Crippen molar-refractivity contribution in [1.29, 1.82) is 0 Å². The summed E-state index contributed by atoms with van der Waals surface area (Å²) in [5.74, 6) is -0.897. The lowest BCUT2D eigenvalue weighted by Crippen LogP contribution is -2.30. The molecule has 0 bridgehead atoms. The number of para-hydroxylation sites is 1. The van der Waals surface area contributed by atoms with Crippen LogP contribution in [0, 0.1) is 0 Å². The van der Waals surface area contributed by atoms with Crippen molar-refractivity contribution in [2.45, 2.75) is 6.61 Å². The second kappa shape index (κ2) is 6.93. The van der Waals surface area contributed by atoms with E-state index in [-0.39, 0.29) is 18.9 Å². The average Bonchev–Trinajstić information content (AvgIpc) is 3.16. The molecule has 1 N–H and O–H groups in total. The summed E-state index contributed by atoms with van der Waals surface area (Å²) >= 11 is 4.57. The van der Waals surface area contributed by atoms with Crippen molar-refractivity contribution in [2.75, 3.05) is 6.54 Å². The third-order valence-corrected chi connectivity index (χ3v) is 4.32. The van der Waals surface area contributed by atoms with E-state index < -0.39 is 11.9 Å². The van der Waals surface area contributed by atoms with Crippen LogP contribution in [0.2, 0.25) is 0 Å². The molecule has 3 rings (SSSR count). The van der Waals surface area contributed by atoms with E-state index in [1.807, 2.05) is 24.3 Å². The van der Waals surface area contributed by atoms with Crippen LogP contribution in [-0.2, 0) is 16.1 Å². The van der Waals surface area contributed by atoms with Crippen molar-refractivity contribution in [3.05, 3.63) is 51.8 Å². The molecule has 0 radical (unpaired) electrons. The number of nitrogens with zero attached hydrogens (tertiary/aromatic N) is 1. The Labute approximate surface area is 143 Å². The number of carbonyl (C=O) groups is 2. The van der Waals surface area contributed by atoms with Gasteiger partial charge >= 0.3 is 5.97 Å². The Bertz CT molecular complexity index is 825. The van der Waals surface area contributed by atoms with Crippen LogP contribution in [0.15, 0.2) is 45.5 Å². The highest BCUT2D eigenvalue weighted by Crippen LogP contribution is 2.21. The zero-order valence-corrected chi connectivity index (χ0v) is 14.1. The van der Waals surface area contributed by atoms with Gasteiger partial charge in [-0.2, -0.15) is 0 Å². The van der Waals surface area contributed by atoms with E-state index in [4.69, 9.17) is 9.15 Å². The van der Waals surface area contributed by atoms with Crippen LogP contribution in [0.5, 0.6) is 0 Å². The van der Waals surface area contributed by atoms with E-state index >= 15 is 0 Å². The van der Waals surface area contributed by atoms with Crippen molar-refractivity contribution >= 4 is 49.4 Å². The topological polar surface area (TPSA) is 81.4 Å². The number of carbonyl (C=O) groups excluding carboxylic acids is 2. The molecule has 1 aromatic carbocycles. The molecule has 0 aliphatic carbocycles. The molecule has 0 fully saturated rings. The van der Waals surface area contributed by atoms with Gasteiger partial charge in [-0.05, 0) is 40.2 Å². The number of hydrogen-bond acceptors (Lipinski definition) is 6. The Hall–Kier alpha value is -2.19. The lowest BCUT2D eigenvalue weighted by Gasteiger charge is -2.03. The second-order valence-electron chi connectivity index (χ2n) is 4.52. The fraction of sp³-hybridized carbons (Fsp3) is 0.133. The highest BCUT2D eigenvalue weighted by molar-refractivity contribution is 9.10. The number of ether oxygens (including phenoxy) is 1. The number of amides is 1. The zero-order chi connectivity index (χ0) is 16.2. The molecule has 2 heterocycles. The van der Waals surface area contributed by atoms with Gasteiger partial charge < -0.3 is 14.5 Å². The van der Waals surface area contributed by atoms with E-state index in [2.05, 4.69) is 26.2 Å². The molecular formula is C15H11BrN2O4S. The second-order valence-corrected chi connectivity index (χ2v) is 6.42. The van der Waals surface area contributed by atoms with Crippen LogP contribution >= 0.6 is 27.3 Å². The Morgan fingerprint density at radius 2 is 2.09 bits per heavy atom. The van der Waals surface area contributed by atoms with Crippen molar-refractivity contribution in [3.8, 4) is 0 Å². The number of benzene rings is 1. The van der Waals surface area contributed by atoms with Crippen molar-refractivity contribution < 1.29 is 18.7 Å². The number of furan rings is 1. The number of fused-ring (bicyclic) bond motifs is 1. The summed E-state index contributed by atoms with van der Waals surface area (Å²) in [6, 6.07) is 10.8. The maximum Gasteiger partial charge on any atom is 0.325 e. The molecule has 0 atom stereocenters. The predicted octanol–water partition coefficient (Wildman–Crippen LogP) is 3.13. The Morgan fingerprint density at radius 3 is 2.83 bits per heavy atom. The van der Waals surface area contributed by atoms with Gasteiger partial charge in [0.1, 0.15) is 18.2 Å². The number of nitrogens with one attached hydrogen (secondary N) is 1. The third kappa shape index (κ3) is 3.96. The summed E-state index contributed by atoms with van der Waals surface area (Å²) in [7, 11) is 0.